The molecule has 0 radical (unpaired) electrons. The number of nitrogens with two attached hydrogens (primary N) is 1. The Morgan fingerprint density at radius 3 is 2.34 bits per heavy atom. The lowest BCUT2D eigenvalue weighted by Gasteiger charge is -2.32. The first-order valence-corrected chi connectivity index (χ1v) is 13.9. The SMILES string of the molecule is CC(=O)NC(CCC(N)=O)C(=O)Oc1ccc(NC(=O)C=C(C)C=CC=C(C)C=CC2=C(C)CCCC2(C)C)cc1. The number of benzene rings is 1. The van der Waals surface area contributed by atoms with Gasteiger partial charge in [0.1, 0.15) is 11.8 Å². The van der Waals surface area contributed by atoms with Gasteiger partial charge in [0.25, 0.3) is 0 Å². The summed E-state index contributed by atoms with van der Waals surface area (Å²) in [5.41, 5.74) is 10.7. The van der Waals surface area contributed by atoms with E-state index in [9.17, 15) is 19.2 Å². The zero-order valence-electron chi connectivity index (χ0n) is 25.0. The third kappa shape index (κ3) is 11.8. The first-order valence-electron chi connectivity index (χ1n) is 13.9. The molecule has 0 aromatic heterocycles. The van der Waals surface area contributed by atoms with Crippen molar-refractivity contribution in [2.75, 3.05) is 5.32 Å². The summed E-state index contributed by atoms with van der Waals surface area (Å²) < 4.78 is 5.31. The van der Waals surface area contributed by atoms with Crippen LogP contribution in [0.4, 0.5) is 5.69 Å². The molecule has 41 heavy (non-hydrogen) atoms. The van der Waals surface area contributed by atoms with Crippen LogP contribution in [0, 0.1) is 5.41 Å². The second-order valence-electron chi connectivity index (χ2n) is 11.1. The van der Waals surface area contributed by atoms with Crippen LogP contribution >= 0.6 is 0 Å². The van der Waals surface area contributed by atoms with E-state index in [-0.39, 0.29) is 29.9 Å². The van der Waals surface area contributed by atoms with Gasteiger partial charge in [-0.05, 0) is 87.3 Å². The number of nitrogens with one attached hydrogen (secondary N) is 2. The Morgan fingerprint density at radius 2 is 1.73 bits per heavy atom. The van der Waals surface area contributed by atoms with Gasteiger partial charge in [0.05, 0.1) is 0 Å². The highest BCUT2D eigenvalue weighted by Crippen LogP contribution is 2.40. The van der Waals surface area contributed by atoms with Crippen molar-refractivity contribution in [1.29, 1.82) is 0 Å². The highest BCUT2D eigenvalue weighted by Gasteiger charge is 2.26. The summed E-state index contributed by atoms with van der Waals surface area (Å²) in [5, 5.41) is 5.23. The van der Waals surface area contributed by atoms with Gasteiger partial charge in [-0.15, -0.1) is 0 Å². The summed E-state index contributed by atoms with van der Waals surface area (Å²) in [7, 11) is 0. The van der Waals surface area contributed by atoms with E-state index in [4.69, 9.17) is 10.5 Å². The molecule has 220 valence electrons. The largest absolute Gasteiger partial charge is 0.425 e. The monoisotopic (exact) mass is 561 g/mol. The average molecular weight is 562 g/mol. The molecule has 4 N–H and O–H groups in total. The van der Waals surface area contributed by atoms with E-state index in [1.807, 2.05) is 25.2 Å². The minimum atomic E-state index is -0.999. The van der Waals surface area contributed by atoms with E-state index in [2.05, 4.69) is 50.5 Å². The summed E-state index contributed by atoms with van der Waals surface area (Å²) in [6.07, 6.45) is 15.3. The molecule has 1 aliphatic carbocycles. The normalized spacial score (nSPS) is 16.5. The van der Waals surface area contributed by atoms with Gasteiger partial charge in [-0.1, -0.05) is 55.4 Å². The van der Waals surface area contributed by atoms with Crippen LogP contribution in [0.3, 0.4) is 0 Å². The number of amides is 3. The van der Waals surface area contributed by atoms with Crippen molar-refractivity contribution >= 4 is 29.4 Å². The highest BCUT2D eigenvalue weighted by molar-refractivity contribution is 6.00. The minimum Gasteiger partial charge on any atom is -0.425 e. The molecule has 3 amide bonds. The number of primary amides is 1. The van der Waals surface area contributed by atoms with Crippen molar-refractivity contribution in [1.82, 2.24) is 5.32 Å². The van der Waals surface area contributed by atoms with E-state index >= 15 is 0 Å². The number of carbonyl (C=O) groups is 4. The second kappa shape index (κ2) is 15.6. The molecule has 0 heterocycles. The number of allylic oxidation sites excluding steroid dienone is 9. The highest BCUT2D eigenvalue weighted by atomic mass is 16.5. The van der Waals surface area contributed by atoms with Gasteiger partial charge in [-0.2, -0.15) is 0 Å². The fourth-order valence-corrected chi connectivity index (χ4v) is 4.64. The van der Waals surface area contributed by atoms with Gasteiger partial charge in [0, 0.05) is 25.1 Å². The van der Waals surface area contributed by atoms with Crippen molar-refractivity contribution < 1.29 is 23.9 Å². The maximum Gasteiger partial charge on any atom is 0.334 e. The molecule has 8 nitrogen and oxygen atoms in total. The number of anilines is 1. The lowest BCUT2D eigenvalue weighted by atomic mass is 9.72. The third-order valence-corrected chi connectivity index (χ3v) is 6.81. The smallest absolute Gasteiger partial charge is 0.334 e. The van der Waals surface area contributed by atoms with E-state index in [0.717, 1.165) is 17.6 Å². The summed E-state index contributed by atoms with van der Waals surface area (Å²) in [6, 6.07) is 5.24. The molecular weight excluding hydrogens is 518 g/mol. The molecular formula is C33H43N3O5. The third-order valence-electron chi connectivity index (χ3n) is 6.81. The topological polar surface area (TPSA) is 128 Å². The molecule has 1 aromatic carbocycles. The van der Waals surface area contributed by atoms with Gasteiger partial charge in [0.2, 0.25) is 17.7 Å². The standard InChI is InChI=1S/C33H43N3O5/c1-22(12-17-28-24(3)11-8-20-33(28,5)6)9-7-10-23(2)21-31(39)36-26-13-15-27(16-14-26)41-32(40)29(35-25(4)37)18-19-30(34)38/h7,9-10,12-17,21,29H,8,11,18-20H2,1-6H3,(H2,34,38)(H,35,37)(H,36,39). The Balaban J connectivity index is 1.93. The van der Waals surface area contributed by atoms with Gasteiger partial charge in [-0.3, -0.25) is 14.4 Å². The Labute approximate surface area is 243 Å². The van der Waals surface area contributed by atoms with E-state index in [1.54, 1.807) is 12.1 Å². The van der Waals surface area contributed by atoms with Gasteiger partial charge < -0.3 is 21.1 Å². The maximum atomic E-state index is 12.5. The minimum absolute atomic E-state index is 0.0321. The van der Waals surface area contributed by atoms with Gasteiger partial charge in [-0.25, -0.2) is 4.79 Å². The van der Waals surface area contributed by atoms with Crippen molar-refractivity contribution in [2.45, 2.75) is 79.7 Å². The molecule has 0 saturated carbocycles. The summed E-state index contributed by atoms with van der Waals surface area (Å²) in [6.45, 7) is 12.0. The van der Waals surface area contributed by atoms with Gasteiger partial charge >= 0.3 is 5.97 Å². The number of carbonyl (C=O) groups excluding carboxylic acids is 4. The molecule has 8 heteroatoms. The summed E-state index contributed by atoms with van der Waals surface area (Å²) in [5.74, 6) is -1.79. The first-order chi connectivity index (χ1) is 19.3. The molecule has 1 aromatic rings. The Kier molecular flexibility index (Phi) is 12.5. The molecule has 1 atom stereocenters. The average Bonchev–Trinajstić information content (AvgIpc) is 2.86. The first kappa shape index (κ1) is 33.0. The molecule has 0 saturated heterocycles. The quantitative estimate of drug-likeness (QED) is 0.128. The number of rotatable bonds is 12. The van der Waals surface area contributed by atoms with E-state index in [1.165, 1.54) is 49.1 Å². The summed E-state index contributed by atoms with van der Waals surface area (Å²) in [4.78, 5) is 47.3. The molecule has 1 unspecified atom stereocenters. The fourth-order valence-electron chi connectivity index (χ4n) is 4.64. The van der Waals surface area contributed by atoms with Crippen LogP contribution < -0.4 is 21.1 Å². The van der Waals surface area contributed by atoms with Crippen LogP contribution in [0.15, 0.2) is 83.0 Å². The Bertz CT molecular complexity index is 1280. The molecule has 0 bridgehead atoms. The molecule has 0 fully saturated rings. The Morgan fingerprint density at radius 1 is 1.05 bits per heavy atom. The van der Waals surface area contributed by atoms with Crippen molar-refractivity contribution in [3.63, 3.8) is 0 Å². The lowest BCUT2D eigenvalue weighted by molar-refractivity contribution is -0.139. The number of hydrogen-bond donors (Lipinski definition) is 3. The summed E-state index contributed by atoms with van der Waals surface area (Å²) >= 11 is 0. The molecule has 1 aliphatic rings. The lowest BCUT2D eigenvalue weighted by Crippen LogP contribution is -2.42. The second-order valence-corrected chi connectivity index (χ2v) is 11.1. The van der Waals surface area contributed by atoms with Gasteiger partial charge in [0.15, 0.2) is 0 Å². The van der Waals surface area contributed by atoms with Crippen LogP contribution in [0.25, 0.3) is 0 Å². The number of hydrogen-bond acceptors (Lipinski definition) is 5. The van der Waals surface area contributed by atoms with Crippen LogP contribution in [0.2, 0.25) is 0 Å². The molecule has 2 rings (SSSR count). The van der Waals surface area contributed by atoms with Crippen molar-refractivity contribution in [2.24, 2.45) is 11.1 Å². The predicted octanol–water partition coefficient (Wildman–Crippen LogP) is 5.83. The Hall–Kier alpha value is -4.20. The van der Waals surface area contributed by atoms with Crippen LogP contribution in [0.1, 0.15) is 73.6 Å². The number of ether oxygens (including phenoxy) is 1. The van der Waals surface area contributed by atoms with Crippen LogP contribution in [-0.4, -0.2) is 29.7 Å². The molecule has 0 spiro atoms. The predicted molar refractivity (Wildman–Crippen MR) is 163 cm³/mol. The zero-order chi connectivity index (χ0) is 30.6. The van der Waals surface area contributed by atoms with Crippen molar-refractivity contribution in [3.05, 3.63) is 83.0 Å². The maximum absolute atomic E-state index is 12.5. The van der Waals surface area contributed by atoms with Crippen LogP contribution in [-0.2, 0) is 19.2 Å². The molecule has 0 aliphatic heterocycles. The van der Waals surface area contributed by atoms with E-state index < -0.39 is 23.8 Å². The van der Waals surface area contributed by atoms with Crippen LogP contribution in [0.5, 0.6) is 5.75 Å². The fraction of sp³-hybridized carbons (Fsp3) is 0.394. The van der Waals surface area contributed by atoms with E-state index in [0.29, 0.717) is 5.69 Å². The van der Waals surface area contributed by atoms with Crippen molar-refractivity contribution in [3.8, 4) is 5.75 Å². The zero-order valence-corrected chi connectivity index (χ0v) is 25.0. The number of esters is 1.